The number of hydrogen-bond acceptors (Lipinski definition) is 9. The lowest BCUT2D eigenvalue weighted by Gasteiger charge is -2.34. The van der Waals surface area contributed by atoms with Crippen molar-refractivity contribution in [1.29, 1.82) is 0 Å². The van der Waals surface area contributed by atoms with Gasteiger partial charge >= 0.3 is 6.18 Å². The second-order valence-electron chi connectivity index (χ2n) is 12.6. The molecule has 3 aliphatic heterocycles. The van der Waals surface area contributed by atoms with Crippen molar-refractivity contribution in [2.24, 2.45) is 0 Å². The predicted molar refractivity (Wildman–Crippen MR) is 160 cm³/mol. The van der Waals surface area contributed by atoms with Gasteiger partial charge < -0.3 is 15.1 Å². The van der Waals surface area contributed by atoms with Gasteiger partial charge in [0.25, 0.3) is 5.91 Å². The van der Waals surface area contributed by atoms with Gasteiger partial charge in [0.05, 0.1) is 21.2 Å². The molecule has 0 radical (unpaired) electrons. The molecule has 2 aromatic heterocycles. The summed E-state index contributed by atoms with van der Waals surface area (Å²) in [7, 11) is -1.71. The number of nitrogens with one attached hydrogen (secondary N) is 1. The number of likely N-dealkylation sites (tertiary alicyclic amines) is 1. The van der Waals surface area contributed by atoms with E-state index in [4.69, 9.17) is 0 Å². The number of anilines is 3. The molecule has 0 unspecified atom stereocenters. The second kappa shape index (κ2) is 9.88. The van der Waals surface area contributed by atoms with E-state index in [0.29, 0.717) is 18.0 Å². The van der Waals surface area contributed by atoms with Crippen molar-refractivity contribution in [2.75, 3.05) is 42.7 Å². The number of carbonyl (C=O) groups is 1. The average molecular weight is 645 g/mol. The molecule has 3 aromatic rings. The van der Waals surface area contributed by atoms with Crippen LogP contribution in [0.4, 0.5) is 30.5 Å². The van der Waals surface area contributed by atoms with E-state index in [1.54, 1.807) is 0 Å². The van der Waals surface area contributed by atoms with E-state index >= 15 is 0 Å². The van der Waals surface area contributed by atoms with Crippen LogP contribution in [0, 0.1) is 0 Å². The molecule has 1 amide bonds. The second-order valence-corrected chi connectivity index (χ2v) is 15.7. The van der Waals surface area contributed by atoms with Crippen LogP contribution in [0.3, 0.4) is 0 Å². The number of fused-ring (bicyclic) bond motifs is 3. The largest absolute Gasteiger partial charge is 0.420 e. The molecule has 2 bridgehead atoms. The third-order valence-corrected chi connectivity index (χ3v) is 12.5. The third-order valence-electron chi connectivity index (χ3n) is 9.55. The third kappa shape index (κ3) is 4.85. The van der Waals surface area contributed by atoms with Crippen LogP contribution in [0.2, 0.25) is 0 Å². The van der Waals surface area contributed by atoms with E-state index in [0.717, 1.165) is 79.7 Å². The Morgan fingerprint density at radius 3 is 2.48 bits per heavy atom. The number of carbonyl (C=O) groups excluding carboxylic acids is 1. The number of alkyl halides is 3. The van der Waals surface area contributed by atoms with Crippen LogP contribution in [-0.2, 0) is 16.0 Å². The minimum atomic E-state index is -4.79. The van der Waals surface area contributed by atoms with E-state index < -0.39 is 33.2 Å². The Morgan fingerprint density at radius 1 is 1.02 bits per heavy atom. The van der Waals surface area contributed by atoms with Crippen molar-refractivity contribution in [3.05, 3.63) is 46.5 Å². The number of sulfone groups is 1. The normalized spacial score (nSPS) is 25.0. The van der Waals surface area contributed by atoms with E-state index in [1.165, 1.54) is 11.0 Å². The minimum Gasteiger partial charge on any atom is -0.366 e. The van der Waals surface area contributed by atoms with Crippen LogP contribution in [0.15, 0.2) is 35.4 Å². The van der Waals surface area contributed by atoms with Gasteiger partial charge in [-0.2, -0.15) is 13.2 Å². The molecular formula is C30H31F3N6O3S2. The van der Waals surface area contributed by atoms with Crippen LogP contribution in [0.1, 0.15) is 58.8 Å². The summed E-state index contributed by atoms with van der Waals surface area (Å²) < 4.78 is 68.8. The number of thiophene rings is 1. The zero-order chi connectivity index (χ0) is 30.5. The Hall–Kier alpha value is -3.23. The van der Waals surface area contributed by atoms with Crippen LogP contribution >= 0.6 is 11.3 Å². The molecule has 8 rings (SSSR count). The Bertz CT molecular complexity index is 1780. The molecule has 2 saturated heterocycles. The molecule has 14 heteroatoms. The molecule has 9 nitrogen and oxygen atoms in total. The number of piperazine rings is 1. The van der Waals surface area contributed by atoms with Crippen molar-refractivity contribution in [2.45, 2.75) is 67.2 Å². The van der Waals surface area contributed by atoms with Gasteiger partial charge in [-0.05, 0) is 74.9 Å². The first kappa shape index (κ1) is 28.3. The number of aromatic nitrogens is 2. The lowest BCUT2D eigenvalue weighted by Crippen LogP contribution is -2.44. The number of rotatable bonds is 6. The number of amides is 1. The number of likely N-dealkylation sites (N-methyl/N-ethyl adjacent to an activating group) is 1. The lowest BCUT2D eigenvalue weighted by atomic mass is 10.1. The SMILES string of the molecule is CN1C[C@@H]2C[C@H]1CN2c1ccc(Nc2ncc(C(F)(F)F)c(-c3cc4c(s3)C(=O)N(C3CC3)CCS4(=O)=O)n2)c(C2CC2)c1. The maximum Gasteiger partial charge on any atom is 0.420 e. The number of benzene rings is 1. The smallest absolute Gasteiger partial charge is 0.366 e. The van der Waals surface area contributed by atoms with Gasteiger partial charge in [0.15, 0.2) is 9.84 Å². The van der Waals surface area contributed by atoms with Crippen molar-refractivity contribution < 1.29 is 26.4 Å². The topological polar surface area (TPSA) is 98.7 Å². The minimum absolute atomic E-state index is 0.0243. The quantitative estimate of drug-likeness (QED) is 0.395. The van der Waals surface area contributed by atoms with Crippen molar-refractivity contribution in [1.82, 2.24) is 19.8 Å². The summed E-state index contributed by atoms with van der Waals surface area (Å²) in [5.41, 5.74) is 1.44. The van der Waals surface area contributed by atoms with Crippen LogP contribution < -0.4 is 10.2 Å². The van der Waals surface area contributed by atoms with E-state index in [1.807, 2.05) is 12.1 Å². The molecule has 1 N–H and O–H groups in total. The molecule has 44 heavy (non-hydrogen) atoms. The van der Waals surface area contributed by atoms with Gasteiger partial charge in [0, 0.05) is 55.3 Å². The summed E-state index contributed by atoms with van der Waals surface area (Å²) in [6, 6.07) is 8.35. The van der Waals surface area contributed by atoms with Gasteiger partial charge in [-0.25, -0.2) is 18.4 Å². The molecule has 2 atom stereocenters. The number of hydrogen-bond donors (Lipinski definition) is 1. The van der Waals surface area contributed by atoms with Gasteiger partial charge in [-0.3, -0.25) is 9.69 Å². The highest BCUT2D eigenvalue weighted by Crippen LogP contribution is 2.47. The summed E-state index contributed by atoms with van der Waals surface area (Å²) in [5.74, 6) is -0.390. The first-order valence-electron chi connectivity index (χ1n) is 15.0. The molecule has 0 spiro atoms. The summed E-state index contributed by atoms with van der Waals surface area (Å²) >= 11 is 0.749. The van der Waals surface area contributed by atoms with Crippen LogP contribution in [-0.4, -0.2) is 84.7 Å². The Kier molecular flexibility index (Phi) is 6.35. The maximum atomic E-state index is 14.2. The first-order chi connectivity index (χ1) is 21.0. The van der Waals surface area contributed by atoms with Crippen LogP contribution in [0.5, 0.6) is 0 Å². The van der Waals surface area contributed by atoms with E-state index in [2.05, 4.69) is 38.2 Å². The highest BCUT2D eigenvalue weighted by atomic mass is 32.2. The van der Waals surface area contributed by atoms with Crippen molar-refractivity contribution in [3.8, 4) is 10.6 Å². The molecule has 4 fully saturated rings. The first-order valence-corrected chi connectivity index (χ1v) is 17.4. The monoisotopic (exact) mass is 644 g/mol. The zero-order valence-corrected chi connectivity index (χ0v) is 25.6. The van der Waals surface area contributed by atoms with Gasteiger partial charge in [0.1, 0.15) is 10.4 Å². The lowest BCUT2D eigenvalue weighted by molar-refractivity contribution is -0.137. The van der Waals surface area contributed by atoms with Crippen molar-refractivity contribution in [3.63, 3.8) is 0 Å². The van der Waals surface area contributed by atoms with Gasteiger partial charge in [-0.15, -0.1) is 11.3 Å². The molecular weight excluding hydrogens is 613 g/mol. The summed E-state index contributed by atoms with van der Waals surface area (Å²) in [6.07, 6.45) is 0.736. The molecule has 5 aliphatic rings. The highest BCUT2D eigenvalue weighted by Gasteiger charge is 2.43. The number of halogens is 3. The fourth-order valence-corrected chi connectivity index (χ4v) is 9.80. The predicted octanol–water partition coefficient (Wildman–Crippen LogP) is 5.13. The number of nitrogens with zero attached hydrogens (tertiary/aromatic N) is 5. The average Bonchev–Trinajstić information content (AvgIpc) is 3.89. The molecule has 232 valence electrons. The molecule has 2 aliphatic carbocycles. The molecule has 5 heterocycles. The fraction of sp³-hybridized carbons (Fsp3) is 0.500. The molecule has 1 aromatic carbocycles. The fourth-order valence-electron chi connectivity index (χ4n) is 6.88. The zero-order valence-electron chi connectivity index (χ0n) is 24.0. The van der Waals surface area contributed by atoms with E-state index in [9.17, 15) is 26.4 Å². The summed E-state index contributed by atoms with van der Waals surface area (Å²) in [4.78, 5) is 27.7. The van der Waals surface area contributed by atoms with Crippen molar-refractivity contribution >= 4 is 44.4 Å². The van der Waals surface area contributed by atoms with E-state index in [-0.39, 0.29) is 38.9 Å². The Balaban J connectivity index is 1.15. The standard InChI is InChI=1S/C30H31F3N6O3S2/c1-37-14-20-10-19(37)15-39(20)18-6-7-23(21(11-18)16-2-3-16)35-29-34-13-22(30(31,32)33)26(36-29)24-12-25-27(43-24)28(40)38(17-4-5-17)8-9-44(25,41)42/h6-7,11-13,16-17,19-20H,2-5,8-10,14-15H2,1H3,(H,34,35,36)/t19-,20-/m0/s1. The summed E-state index contributed by atoms with van der Waals surface area (Å²) in [6.45, 7) is 2.09. The van der Waals surface area contributed by atoms with Gasteiger partial charge in [0.2, 0.25) is 5.95 Å². The highest BCUT2D eigenvalue weighted by molar-refractivity contribution is 7.91. The Morgan fingerprint density at radius 2 is 1.82 bits per heavy atom. The maximum absolute atomic E-state index is 14.2. The van der Waals surface area contributed by atoms with Gasteiger partial charge in [-0.1, -0.05) is 0 Å². The molecule has 2 saturated carbocycles. The Labute approximate surface area is 257 Å². The van der Waals surface area contributed by atoms with Crippen LogP contribution in [0.25, 0.3) is 10.6 Å². The summed E-state index contributed by atoms with van der Waals surface area (Å²) in [5, 5.41) is 3.16.